The molecule has 1 saturated carbocycles. The van der Waals surface area contributed by atoms with Gasteiger partial charge >= 0.3 is 0 Å². The van der Waals surface area contributed by atoms with Crippen LogP contribution in [0.3, 0.4) is 0 Å². The van der Waals surface area contributed by atoms with E-state index < -0.39 is 10.0 Å². The van der Waals surface area contributed by atoms with Gasteiger partial charge in [0.1, 0.15) is 5.76 Å². The standard InChI is InChI=1S/C15H24N2O3S/c18-21(19,11-8-13-4-1-2-9-16-13)17(14-6-7-14)12-15-5-3-10-20-15/h3,5,10,13-14,16H,1-2,4,6-9,11-12H2. The Hall–Kier alpha value is -0.850. The summed E-state index contributed by atoms with van der Waals surface area (Å²) >= 11 is 0. The van der Waals surface area contributed by atoms with Crippen LogP contribution in [0.2, 0.25) is 0 Å². The van der Waals surface area contributed by atoms with Crippen molar-refractivity contribution in [3.05, 3.63) is 24.2 Å². The molecule has 1 aromatic rings. The average Bonchev–Trinajstić information content (AvgIpc) is 3.19. The SMILES string of the molecule is O=S(=O)(CCC1CCCCN1)N(Cc1ccco1)C1CC1. The molecule has 0 spiro atoms. The number of hydrogen-bond acceptors (Lipinski definition) is 4. The molecule has 0 amide bonds. The molecule has 1 unspecified atom stereocenters. The lowest BCUT2D eigenvalue weighted by Crippen LogP contribution is -2.39. The highest BCUT2D eigenvalue weighted by Crippen LogP contribution is 2.31. The number of nitrogens with zero attached hydrogens (tertiary/aromatic N) is 1. The fourth-order valence-corrected chi connectivity index (χ4v) is 4.76. The zero-order chi connectivity index (χ0) is 14.7. The van der Waals surface area contributed by atoms with Gasteiger partial charge in [-0.1, -0.05) is 6.42 Å². The number of nitrogens with one attached hydrogen (secondary N) is 1. The van der Waals surface area contributed by atoms with Crippen LogP contribution in [-0.2, 0) is 16.6 Å². The fraction of sp³-hybridized carbons (Fsp3) is 0.733. The summed E-state index contributed by atoms with van der Waals surface area (Å²) in [7, 11) is -3.20. The maximum atomic E-state index is 12.6. The number of piperidine rings is 1. The van der Waals surface area contributed by atoms with Crippen LogP contribution in [0.25, 0.3) is 0 Å². The topological polar surface area (TPSA) is 62.6 Å². The lowest BCUT2D eigenvalue weighted by molar-refractivity contribution is 0.350. The Bertz CT molecular complexity index is 531. The Morgan fingerprint density at radius 3 is 2.76 bits per heavy atom. The lowest BCUT2D eigenvalue weighted by Gasteiger charge is -2.25. The fourth-order valence-electron chi connectivity index (χ4n) is 2.95. The number of rotatable bonds is 7. The third-order valence-corrected chi connectivity index (χ3v) is 6.23. The van der Waals surface area contributed by atoms with Crippen LogP contribution in [0, 0.1) is 0 Å². The highest BCUT2D eigenvalue weighted by atomic mass is 32.2. The third kappa shape index (κ3) is 4.08. The first kappa shape index (κ1) is 15.1. The van der Waals surface area contributed by atoms with Gasteiger partial charge in [-0.05, 0) is 50.8 Å². The van der Waals surface area contributed by atoms with Gasteiger partial charge in [0.05, 0.1) is 18.6 Å². The lowest BCUT2D eigenvalue weighted by atomic mass is 10.0. The molecule has 0 aromatic carbocycles. The summed E-state index contributed by atoms with van der Waals surface area (Å²) in [6.07, 6.45) is 7.76. The molecule has 5 nitrogen and oxygen atoms in total. The van der Waals surface area contributed by atoms with E-state index in [0.717, 1.165) is 31.6 Å². The molecule has 1 N–H and O–H groups in total. The second-order valence-electron chi connectivity index (χ2n) is 6.11. The molecule has 2 fully saturated rings. The molecular formula is C15H24N2O3S. The summed E-state index contributed by atoms with van der Waals surface area (Å²) in [5.74, 6) is 0.961. The zero-order valence-electron chi connectivity index (χ0n) is 12.3. The van der Waals surface area contributed by atoms with Gasteiger partial charge < -0.3 is 9.73 Å². The number of sulfonamides is 1. The molecular weight excluding hydrogens is 288 g/mol. The Kier molecular flexibility index (Phi) is 4.66. The first-order chi connectivity index (χ1) is 10.1. The molecule has 2 heterocycles. The Balaban J connectivity index is 1.60. The van der Waals surface area contributed by atoms with Crippen molar-refractivity contribution in [3.8, 4) is 0 Å². The quantitative estimate of drug-likeness (QED) is 0.837. The Labute approximate surface area is 126 Å². The number of furan rings is 1. The van der Waals surface area contributed by atoms with Crippen molar-refractivity contribution in [1.82, 2.24) is 9.62 Å². The van der Waals surface area contributed by atoms with Crippen LogP contribution >= 0.6 is 0 Å². The van der Waals surface area contributed by atoms with Crippen LogP contribution in [0.5, 0.6) is 0 Å². The summed E-state index contributed by atoms with van der Waals surface area (Å²) in [5.41, 5.74) is 0. The predicted octanol–water partition coefficient (Wildman–Crippen LogP) is 2.11. The van der Waals surface area contributed by atoms with Gasteiger partial charge in [0.2, 0.25) is 10.0 Å². The van der Waals surface area contributed by atoms with Gasteiger partial charge in [-0.2, -0.15) is 4.31 Å². The van der Waals surface area contributed by atoms with E-state index in [9.17, 15) is 8.42 Å². The van der Waals surface area contributed by atoms with Gasteiger partial charge in [0, 0.05) is 12.1 Å². The molecule has 1 saturated heterocycles. The highest BCUT2D eigenvalue weighted by Gasteiger charge is 2.37. The molecule has 118 valence electrons. The monoisotopic (exact) mass is 312 g/mol. The second-order valence-corrected chi connectivity index (χ2v) is 8.15. The molecule has 1 aliphatic carbocycles. The molecule has 3 rings (SSSR count). The van der Waals surface area contributed by atoms with E-state index >= 15 is 0 Å². The first-order valence-electron chi connectivity index (χ1n) is 7.90. The van der Waals surface area contributed by atoms with Crippen molar-refractivity contribution in [3.63, 3.8) is 0 Å². The highest BCUT2D eigenvalue weighted by molar-refractivity contribution is 7.89. The van der Waals surface area contributed by atoms with Gasteiger partial charge in [0.15, 0.2) is 0 Å². The minimum Gasteiger partial charge on any atom is -0.468 e. The van der Waals surface area contributed by atoms with Crippen LogP contribution < -0.4 is 5.32 Å². The minimum absolute atomic E-state index is 0.180. The molecule has 2 aliphatic rings. The van der Waals surface area contributed by atoms with Gasteiger partial charge in [-0.15, -0.1) is 0 Å². The summed E-state index contributed by atoms with van der Waals surface area (Å²) in [5, 5.41) is 3.42. The largest absolute Gasteiger partial charge is 0.468 e. The molecule has 1 aliphatic heterocycles. The Morgan fingerprint density at radius 2 is 2.14 bits per heavy atom. The van der Waals surface area contributed by atoms with E-state index in [1.165, 1.54) is 12.8 Å². The second kappa shape index (κ2) is 6.50. The predicted molar refractivity (Wildman–Crippen MR) is 81.3 cm³/mol. The summed E-state index contributed by atoms with van der Waals surface area (Å²) in [4.78, 5) is 0. The maximum absolute atomic E-state index is 12.6. The van der Waals surface area contributed by atoms with E-state index in [-0.39, 0.29) is 11.8 Å². The van der Waals surface area contributed by atoms with Gasteiger partial charge in [-0.3, -0.25) is 0 Å². The summed E-state index contributed by atoms with van der Waals surface area (Å²) in [6.45, 7) is 1.39. The normalized spacial score (nSPS) is 23.6. The van der Waals surface area contributed by atoms with Crippen molar-refractivity contribution >= 4 is 10.0 Å². The molecule has 1 aromatic heterocycles. The molecule has 6 heteroatoms. The van der Waals surface area contributed by atoms with E-state index in [2.05, 4.69) is 5.32 Å². The first-order valence-corrected chi connectivity index (χ1v) is 9.51. The van der Waals surface area contributed by atoms with Gasteiger partial charge in [-0.25, -0.2) is 8.42 Å². The molecule has 0 bridgehead atoms. The molecule has 21 heavy (non-hydrogen) atoms. The third-order valence-electron chi connectivity index (χ3n) is 4.34. The van der Waals surface area contributed by atoms with Gasteiger partial charge in [0.25, 0.3) is 0 Å². The van der Waals surface area contributed by atoms with Crippen molar-refractivity contribution in [2.75, 3.05) is 12.3 Å². The van der Waals surface area contributed by atoms with E-state index in [1.807, 2.05) is 6.07 Å². The van der Waals surface area contributed by atoms with Crippen LogP contribution in [-0.4, -0.2) is 37.1 Å². The smallest absolute Gasteiger partial charge is 0.214 e. The van der Waals surface area contributed by atoms with E-state index in [4.69, 9.17) is 4.42 Å². The van der Waals surface area contributed by atoms with E-state index in [1.54, 1.807) is 16.6 Å². The zero-order valence-corrected chi connectivity index (χ0v) is 13.1. The summed E-state index contributed by atoms with van der Waals surface area (Å²) < 4.78 is 32.2. The van der Waals surface area contributed by atoms with E-state index in [0.29, 0.717) is 19.0 Å². The minimum atomic E-state index is -3.20. The molecule has 1 atom stereocenters. The van der Waals surface area contributed by atoms with Crippen LogP contribution in [0.1, 0.15) is 44.3 Å². The van der Waals surface area contributed by atoms with Crippen LogP contribution in [0.15, 0.2) is 22.8 Å². The van der Waals surface area contributed by atoms with Crippen molar-refractivity contribution < 1.29 is 12.8 Å². The average molecular weight is 312 g/mol. The number of hydrogen-bond donors (Lipinski definition) is 1. The molecule has 0 radical (unpaired) electrons. The van der Waals surface area contributed by atoms with Crippen molar-refractivity contribution in [1.29, 1.82) is 0 Å². The Morgan fingerprint density at radius 1 is 1.29 bits per heavy atom. The maximum Gasteiger partial charge on any atom is 0.214 e. The van der Waals surface area contributed by atoms with Crippen molar-refractivity contribution in [2.24, 2.45) is 0 Å². The van der Waals surface area contributed by atoms with Crippen LogP contribution in [0.4, 0.5) is 0 Å². The summed E-state index contributed by atoms with van der Waals surface area (Å²) in [6, 6.07) is 4.18. The van der Waals surface area contributed by atoms with Crippen molar-refractivity contribution in [2.45, 2.75) is 57.2 Å².